The number of nitrogens with zero attached hydrogens (tertiary/aromatic N) is 3. The van der Waals surface area contributed by atoms with Crippen LogP contribution in [-0.4, -0.2) is 21.9 Å². The van der Waals surface area contributed by atoms with E-state index in [1.807, 2.05) is 60.5 Å². The van der Waals surface area contributed by atoms with Gasteiger partial charge in [-0.1, -0.05) is 23.4 Å². The zero-order valence-corrected chi connectivity index (χ0v) is 20.1. The summed E-state index contributed by atoms with van der Waals surface area (Å²) in [6.45, 7) is 4.49. The highest BCUT2D eigenvalue weighted by Gasteiger charge is 2.34. The number of halogens is 1. The molecule has 0 aliphatic carbocycles. The molecule has 0 saturated carbocycles. The van der Waals surface area contributed by atoms with Crippen molar-refractivity contribution < 1.29 is 13.7 Å². The van der Waals surface area contributed by atoms with E-state index in [1.165, 1.54) is 12.1 Å². The average Bonchev–Trinajstić information content (AvgIpc) is 3.53. The number of thiophene rings is 1. The smallest absolute Gasteiger partial charge is 0.258 e. The predicted molar refractivity (Wildman–Crippen MR) is 135 cm³/mol. The van der Waals surface area contributed by atoms with Crippen molar-refractivity contribution in [1.29, 1.82) is 0 Å². The summed E-state index contributed by atoms with van der Waals surface area (Å²) in [6, 6.07) is 17.6. The monoisotopic (exact) mass is 492 g/mol. The van der Waals surface area contributed by atoms with Gasteiger partial charge in [0.1, 0.15) is 11.6 Å². The van der Waals surface area contributed by atoms with Crippen molar-refractivity contribution in [2.45, 2.75) is 19.9 Å². The van der Waals surface area contributed by atoms with Crippen molar-refractivity contribution in [3.8, 4) is 16.5 Å². The van der Waals surface area contributed by atoms with Gasteiger partial charge in [-0.3, -0.25) is 4.90 Å². The SMILES string of the molecule is CCOc1ccc(C2NC(=S)N(c3ccc(F)cc3)C(C)=C2c2nc(-c3cccs3)no2)cc1. The van der Waals surface area contributed by atoms with Crippen molar-refractivity contribution in [2.24, 2.45) is 0 Å². The standard InChI is InChI=1S/C25H21FN4O2S2/c1-3-31-19-12-6-16(7-13-19)22-21(24-28-23(29-32-24)20-5-4-14-34-20)15(2)30(25(33)27-22)18-10-8-17(26)9-11-18/h4-14,22H,3H2,1-2H3,(H,27,33). The molecule has 0 fully saturated rings. The Labute approximate surface area is 205 Å². The van der Waals surface area contributed by atoms with Crippen LogP contribution in [0.3, 0.4) is 0 Å². The van der Waals surface area contributed by atoms with Crippen LogP contribution in [0.15, 0.2) is 76.3 Å². The minimum Gasteiger partial charge on any atom is -0.494 e. The van der Waals surface area contributed by atoms with E-state index in [0.29, 0.717) is 23.4 Å². The molecule has 1 aliphatic heterocycles. The Morgan fingerprint density at radius 3 is 2.59 bits per heavy atom. The molecule has 1 N–H and O–H groups in total. The minimum atomic E-state index is -0.323. The van der Waals surface area contributed by atoms with E-state index in [0.717, 1.165) is 33.1 Å². The summed E-state index contributed by atoms with van der Waals surface area (Å²) in [5, 5.41) is 10.1. The Morgan fingerprint density at radius 1 is 1.15 bits per heavy atom. The molecule has 0 spiro atoms. The molecule has 1 aliphatic rings. The second-order valence-electron chi connectivity index (χ2n) is 7.60. The van der Waals surface area contributed by atoms with Gasteiger partial charge >= 0.3 is 0 Å². The van der Waals surface area contributed by atoms with E-state index in [2.05, 4.69) is 10.5 Å². The van der Waals surface area contributed by atoms with E-state index in [-0.39, 0.29) is 11.9 Å². The number of anilines is 1. The molecular weight excluding hydrogens is 471 g/mol. The highest BCUT2D eigenvalue weighted by atomic mass is 32.1. The van der Waals surface area contributed by atoms with Crippen molar-refractivity contribution in [3.05, 3.63) is 89.0 Å². The van der Waals surface area contributed by atoms with Crippen LogP contribution >= 0.6 is 23.6 Å². The molecule has 0 amide bonds. The molecule has 2 aromatic heterocycles. The summed E-state index contributed by atoms with van der Waals surface area (Å²) in [4.78, 5) is 7.47. The van der Waals surface area contributed by atoms with Gasteiger partial charge in [0, 0.05) is 11.4 Å². The van der Waals surface area contributed by atoms with Crippen molar-refractivity contribution in [3.63, 3.8) is 0 Å². The van der Waals surface area contributed by atoms with Gasteiger partial charge in [-0.2, -0.15) is 4.98 Å². The molecule has 9 heteroatoms. The van der Waals surface area contributed by atoms with Crippen LogP contribution in [0, 0.1) is 5.82 Å². The Hall–Kier alpha value is -3.56. The van der Waals surface area contributed by atoms with Crippen LogP contribution in [-0.2, 0) is 0 Å². The van der Waals surface area contributed by atoms with Gasteiger partial charge in [0.05, 0.1) is 23.1 Å². The molecule has 4 aromatic rings. The van der Waals surface area contributed by atoms with Crippen LogP contribution in [0.1, 0.15) is 31.3 Å². The number of thiocarbonyl (C=S) groups is 1. The van der Waals surface area contributed by atoms with Crippen LogP contribution in [0.4, 0.5) is 10.1 Å². The molecule has 5 rings (SSSR count). The first-order valence-corrected chi connectivity index (χ1v) is 12.0. The molecule has 3 heterocycles. The lowest BCUT2D eigenvalue weighted by Crippen LogP contribution is -2.46. The first-order chi connectivity index (χ1) is 16.5. The van der Waals surface area contributed by atoms with Crippen molar-refractivity contribution in [1.82, 2.24) is 15.5 Å². The summed E-state index contributed by atoms with van der Waals surface area (Å²) in [6.07, 6.45) is 0. The number of rotatable bonds is 6. The lowest BCUT2D eigenvalue weighted by molar-refractivity contribution is 0.340. The summed E-state index contributed by atoms with van der Waals surface area (Å²) >= 11 is 7.28. The number of hydrogen-bond donors (Lipinski definition) is 1. The zero-order chi connectivity index (χ0) is 23.7. The van der Waals surface area contributed by atoms with Gasteiger partial charge in [0.2, 0.25) is 5.82 Å². The fourth-order valence-electron chi connectivity index (χ4n) is 3.93. The highest BCUT2D eigenvalue weighted by molar-refractivity contribution is 7.80. The highest BCUT2D eigenvalue weighted by Crippen LogP contribution is 2.39. The summed E-state index contributed by atoms with van der Waals surface area (Å²) < 4.78 is 24.9. The number of allylic oxidation sites excluding steroid dienone is 1. The normalized spacial score (nSPS) is 16.0. The summed E-state index contributed by atoms with van der Waals surface area (Å²) in [5.74, 6) is 1.39. The first-order valence-electron chi connectivity index (χ1n) is 10.7. The number of benzene rings is 2. The molecule has 1 unspecified atom stereocenters. The molecule has 0 bridgehead atoms. The fraction of sp³-hybridized carbons (Fsp3) is 0.160. The quantitative estimate of drug-likeness (QED) is 0.321. The lowest BCUT2D eigenvalue weighted by Gasteiger charge is -2.37. The minimum absolute atomic E-state index is 0.314. The Kier molecular flexibility index (Phi) is 6.12. The molecule has 2 aromatic carbocycles. The Bertz CT molecular complexity index is 1330. The first kappa shape index (κ1) is 22.2. The van der Waals surface area contributed by atoms with E-state index in [4.69, 9.17) is 26.5 Å². The molecule has 0 saturated heterocycles. The van der Waals surface area contributed by atoms with E-state index >= 15 is 0 Å². The maximum Gasteiger partial charge on any atom is 0.258 e. The van der Waals surface area contributed by atoms with E-state index in [9.17, 15) is 4.39 Å². The maximum absolute atomic E-state index is 13.6. The van der Waals surface area contributed by atoms with Crippen LogP contribution < -0.4 is 15.0 Å². The third kappa shape index (κ3) is 4.20. The lowest BCUT2D eigenvalue weighted by atomic mass is 9.94. The van der Waals surface area contributed by atoms with Gasteiger partial charge < -0.3 is 14.6 Å². The second kappa shape index (κ2) is 9.36. The average molecular weight is 493 g/mol. The summed E-state index contributed by atoms with van der Waals surface area (Å²) in [7, 11) is 0. The van der Waals surface area contributed by atoms with Gasteiger partial charge in [-0.25, -0.2) is 4.39 Å². The Morgan fingerprint density at radius 2 is 1.91 bits per heavy atom. The number of ether oxygens (including phenoxy) is 1. The second-order valence-corrected chi connectivity index (χ2v) is 8.93. The van der Waals surface area contributed by atoms with Crippen molar-refractivity contribution >= 4 is 39.9 Å². The van der Waals surface area contributed by atoms with Crippen LogP contribution in [0.5, 0.6) is 5.75 Å². The Balaban J connectivity index is 1.62. The molecule has 0 radical (unpaired) electrons. The van der Waals surface area contributed by atoms with Crippen LogP contribution in [0.2, 0.25) is 0 Å². The zero-order valence-electron chi connectivity index (χ0n) is 18.5. The molecule has 34 heavy (non-hydrogen) atoms. The predicted octanol–water partition coefficient (Wildman–Crippen LogP) is 6.20. The fourth-order valence-corrected chi connectivity index (χ4v) is 4.94. The van der Waals surface area contributed by atoms with Gasteiger partial charge in [-0.15, -0.1) is 11.3 Å². The number of aromatic nitrogens is 2. The number of hydrogen-bond acceptors (Lipinski definition) is 6. The van der Waals surface area contributed by atoms with Gasteiger partial charge in [0.15, 0.2) is 5.11 Å². The third-order valence-corrected chi connectivity index (χ3v) is 6.66. The molecule has 1 atom stereocenters. The topological polar surface area (TPSA) is 63.4 Å². The number of nitrogens with one attached hydrogen (secondary N) is 1. The molecule has 172 valence electrons. The van der Waals surface area contributed by atoms with Crippen molar-refractivity contribution in [2.75, 3.05) is 11.5 Å². The maximum atomic E-state index is 13.6. The largest absolute Gasteiger partial charge is 0.494 e. The van der Waals surface area contributed by atoms with Gasteiger partial charge in [0.25, 0.3) is 5.89 Å². The van der Waals surface area contributed by atoms with E-state index < -0.39 is 0 Å². The summed E-state index contributed by atoms with van der Waals surface area (Å²) in [5.41, 5.74) is 3.31. The molecule has 6 nitrogen and oxygen atoms in total. The van der Waals surface area contributed by atoms with E-state index in [1.54, 1.807) is 23.5 Å². The van der Waals surface area contributed by atoms with Crippen LogP contribution in [0.25, 0.3) is 16.3 Å². The molecular formula is C25H21FN4O2S2. The van der Waals surface area contributed by atoms with Gasteiger partial charge in [-0.05, 0) is 79.5 Å². The third-order valence-electron chi connectivity index (χ3n) is 5.49.